The van der Waals surface area contributed by atoms with Gasteiger partial charge in [-0.3, -0.25) is 9.80 Å². The van der Waals surface area contributed by atoms with Crippen LogP contribution in [-0.2, 0) is 14.8 Å². The van der Waals surface area contributed by atoms with Gasteiger partial charge in [-0.1, -0.05) is 11.6 Å². The zero-order valence-corrected chi connectivity index (χ0v) is 16.2. The van der Waals surface area contributed by atoms with E-state index >= 15 is 0 Å². The molecule has 0 N–H and O–H groups in total. The van der Waals surface area contributed by atoms with Crippen molar-refractivity contribution in [1.29, 1.82) is 0 Å². The first-order valence-corrected chi connectivity index (χ1v) is 10.9. The SMILES string of the molecule is C[C@H]1COCCN1CCN1CCN(S(=O)(=O)c2ccc(Cl)s2)CC1. The predicted octanol–water partition coefficient (Wildman–Crippen LogP) is 1.43. The van der Waals surface area contributed by atoms with Gasteiger partial charge in [0.1, 0.15) is 4.21 Å². The van der Waals surface area contributed by atoms with Gasteiger partial charge in [0.15, 0.2) is 0 Å². The molecule has 0 bridgehead atoms. The Morgan fingerprint density at radius 3 is 2.58 bits per heavy atom. The van der Waals surface area contributed by atoms with Crippen molar-refractivity contribution < 1.29 is 13.2 Å². The van der Waals surface area contributed by atoms with Gasteiger partial charge in [-0.2, -0.15) is 4.31 Å². The molecule has 1 atom stereocenters. The Kier molecular flexibility index (Phi) is 6.18. The number of rotatable bonds is 5. The molecule has 0 spiro atoms. The standard InChI is InChI=1S/C15H24ClN3O3S2/c1-13-12-22-11-10-18(13)7-4-17-5-8-19(9-6-17)24(20,21)15-3-2-14(16)23-15/h2-3,13H,4-12H2,1H3/t13-/m0/s1. The molecule has 6 nitrogen and oxygen atoms in total. The summed E-state index contributed by atoms with van der Waals surface area (Å²) in [6, 6.07) is 3.69. The summed E-state index contributed by atoms with van der Waals surface area (Å²) in [5, 5.41) is 0. The van der Waals surface area contributed by atoms with Gasteiger partial charge in [0.05, 0.1) is 17.6 Å². The molecule has 0 aliphatic carbocycles. The van der Waals surface area contributed by atoms with Crippen molar-refractivity contribution in [3.05, 3.63) is 16.5 Å². The van der Waals surface area contributed by atoms with Gasteiger partial charge in [0.25, 0.3) is 10.0 Å². The Labute approximate surface area is 153 Å². The van der Waals surface area contributed by atoms with Crippen molar-refractivity contribution in [2.45, 2.75) is 17.2 Å². The van der Waals surface area contributed by atoms with E-state index in [1.165, 1.54) is 0 Å². The molecule has 136 valence electrons. The molecule has 0 radical (unpaired) electrons. The van der Waals surface area contributed by atoms with Crippen molar-refractivity contribution in [1.82, 2.24) is 14.1 Å². The molecule has 3 heterocycles. The minimum absolute atomic E-state index is 0.336. The molecule has 1 aromatic rings. The molecule has 3 rings (SSSR count). The van der Waals surface area contributed by atoms with Crippen LogP contribution >= 0.6 is 22.9 Å². The summed E-state index contributed by atoms with van der Waals surface area (Å²) >= 11 is 6.99. The van der Waals surface area contributed by atoms with Gasteiger partial charge >= 0.3 is 0 Å². The number of morpholine rings is 1. The van der Waals surface area contributed by atoms with Crippen molar-refractivity contribution in [3.63, 3.8) is 0 Å². The number of halogens is 1. The first kappa shape index (κ1) is 18.6. The average molecular weight is 394 g/mol. The van der Waals surface area contributed by atoms with Crippen molar-refractivity contribution in [2.75, 3.05) is 59.0 Å². The number of hydrogen-bond donors (Lipinski definition) is 0. The van der Waals surface area contributed by atoms with Crippen LogP contribution in [0.25, 0.3) is 0 Å². The second-order valence-electron chi connectivity index (χ2n) is 6.26. The van der Waals surface area contributed by atoms with Gasteiger partial charge in [-0.25, -0.2) is 8.42 Å². The Hall–Kier alpha value is -0.220. The zero-order chi connectivity index (χ0) is 17.2. The highest BCUT2D eigenvalue weighted by Crippen LogP contribution is 2.28. The second kappa shape index (κ2) is 7.99. The Bertz CT molecular complexity index is 644. The van der Waals surface area contributed by atoms with Gasteiger partial charge in [0.2, 0.25) is 0 Å². The molecule has 2 aliphatic heterocycles. The molecule has 1 aromatic heterocycles. The summed E-state index contributed by atoms with van der Waals surface area (Å²) in [6.07, 6.45) is 0. The summed E-state index contributed by atoms with van der Waals surface area (Å²) in [5.74, 6) is 0. The van der Waals surface area contributed by atoms with E-state index < -0.39 is 10.0 Å². The number of sulfonamides is 1. The maximum atomic E-state index is 12.6. The summed E-state index contributed by atoms with van der Waals surface area (Å²) in [7, 11) is -3.40. The molecular formula is C15H24ClN3O3S2. The van der Waals surface area contributed by atoms with Gasteiger partial charge in [-0.05, 0) is 19.1 Å². The third-order valence-electron chi connectivity index (χ3n) is 4.68. The monoisotopic (exact) mass is 393 g/mol. The third-order valence-corrected chi connectivity index (χ3v) is 8.28. The summed E-state index contributed by atoms with van der Waals surface area (Å²) in [6.45, 7) is 9.39. The molecule has 0 amide bonds. The lowest BCUT2D eigenvalue weighted by molar-refractivity contribution is -0.00507. The van der Waals surface area contributed by atoms with Crippen LogP contribution in [0, 0.1) is 0 Å². The Balaban J connectivity index is 1.49. The van der Waals surface area contributed by atoms with Crippen molar-refractivity contribution >= 4 is 33.0 Å². The van der Waals surface area contributed by atoms with E-state index in [1.807, 2.05) is 0 Å². The molecule has 0 saturated carbocycles. The molecule has 9 heteroatoms. The van der Waals surface area contributed by atoms with E-state index in [9.17, 15) is 8.42 Å². The highest BCUT2D eigenvalue weighted by Gasteiger charge is 2.30. The number of piperazine rings is 1. The lowest BCUT2D eigenvalue weighted by Crippen LogP contribution is -2.52. The van der Waals surface area contributed by atoms with E-state index in [2.05, 4.69) is 16.7 Å². The quantitative estimate of drug-likeness (QED) is 0.757. The molecule has 2 aliphatic rings. The number of nitrogens with zero attached hydrogens (tertiary/aromatic N) is 3. The second-order valence-corrected chi connectivity index (χ2v) is 10.1. The fourth-order valence-electron chi connectivity index (χ4n) is 3.12. The third kappa shape index (κ3) is 4.30. The zero-order valence-electron chi connectivity index (χ0n) is 13.9. The number of hydrogen-bond acceptors (Lipinski definition) is 6. The highest BCUT2D eigenvalue weighted by atomic mass is 35.5. The topological polar surface area (TPSA) is 53.1 Å². The Morgan fingerprint density at radius 1 is 1.21 bits per heavy atom. The predicted molar refractivity (Wildman–Crippen MR) is 96.4 cm³/mol. The van der Waals surface area contributed by atoms with Crippen LogP contribution in [-0.4, -0.2) is 87.6 Å². The summed E-state index contributed by atoms with van der Waals surface area (Å²) < 4.78 is 33.1. The van der Waals surface area contributed by atoms with E-state index in [0.29, 0.717) is 27.7 Å². The largest absolute Gasteiger partial charge is 0.379 e. The minimum Gasteiger partial charge on any atom is -0.379 e. The first-order valence-electron chi connectivity index (χ1n) is 8.26. The smallest absolute Gasteiger partial charge is 0.252 e. The first-order chi connectivity index (χ1) is 11.5. The Morgan fingerprint density at radius 2 is 1.96 bits per heavy atom. The maximum Gasteiger partial charge on any atom is 0.252 e. The van der Waals surface area contributed by atoms with Crippen LogP contribution in [0.4, 0.5) is 0 Å². The van der Waals surface area contributed by atoms with Crippen LogP contribution in [0.15, 0.2) is 16.3 Å². The molecule has 24 heavy (non-hydrogen) atoms. The van der Waals surface area contributed by atoms with Crippen LogP contribution in [0.5, 0.6) is 0 Å². The van der Waals surface area contributed by atoms with Crippen LogP contribution in [0.3, 0.4) is 0 Å². The molecule has 2 fully saturated rings. The van der Waals surface area contributed by atoms with Gasteiger partial charge in [-0.15, -0.1) is 11.3 Å². The fourth-order valence-corrected chi connectivity index (χ4v) is 6.18. The van der Waals surface area contributed by atoms with E-state index in [1.54, 1.807) is 16.4 Å². The minimum atomic E-state index is -3.40. The number of ether oxygens (including phenoxy) is 1. The van der Waals surface area contributed by atoms with E-state index in [4.69, 9.17) is 16.3 Å². The normalized spacial score (nSPS) is 25.2. The molecule has 0 unspecified atom stereocenters. The molecule has 0 aromatic carbocycles. The van der Waals surface area contributed by atoms with Crippen LogP contribution < -0.4 is 0 Å². The number of thiophene rings is 1. The van der Waals surface area contributed by atoms with Gasteiger partial charge < -0.3 is 4.74 Å². The van der Waals surface area contributed by atoms with Crippen LogP contribution in [0.1, 0.15) is 6.92 Å². The highest BCUT2D eigenvalue weighted by molar-refractivity contribution is 7.91. The maximum absolute atomic E-state index is 12.6. The van der Waals surface area contributed by atoms with Crippen molar-refractivity contribution in [3.8, 4) is 0 Å². The lowest BCUT2D eigenvalue weighted by Gasteiger charge is -2.37. The van der Waals surface area contributed by atoms with Gasteiger partial charge in [0, 0.05) is 51.9 Å². The average Bonchev–Trinajstić information content (AvgIpc) is 3.02. The fraction of sp³-hybridized carbons (Fsp3) is 0.733. The van der Waals surface area contributed by atoms with Crippen LogP contribution in [0.2, 0.25) is 4.34 Å². The van der Waals surface area contributed by atoms with Crippen molar-refractivity contribution in [2.24, 2.45) is 0 Å². The summed E-state index contributed by atoms with van der Waals surface area (Å²) in [4.78, 5) is 4.79. The molecular weight excluding hydrogens is 370 g/mol. The lowest BCUT2D eigenvalue weighted by atomic mass is 10.2. The van der Waals surface area contributed by atoms with E-state index in [0.717, 1.165) is 57.3 Å². The summed E-state index contributed by atoms with van der Waals surface area (Å²) in [5.41, 5.74) is 0. The molecule has 2 saturated heterocycles. The van der Waals surface area contributed by atoms with E-state index in [-0.39, 0.29) is 0 Å².